The molecule has 1 heterocycles. The van der Waals surface area contributed by atoms with Crippen molar-refractivity contribution in [2.75, 3.05) is 6.54 Å². The van der Waals surface area contributed by atoms with Crippen LogP contribution in [0.1, 0.15) is 44.9 Å². The predicted molar refractivity (Wildman–Crippen MR) is 70.2 cm³/mol. The minimum atomic E-state index is -0.0829. The summed E-state index contributed by atoms with van der Waals surface area (Å²) in [6.45, 7) is 0.608. The summed E-state index contributed by atoms with van der Waals surface area (Å²) in [7, 11) is 0. The summed E-state index contributed by atoms with van der Waals surface area (Å²) >= 11 is 0. The van der Waals surface area contributed by atoms with Gasteiger partial charge in [-0.25, -0.2) is 0 Å². The van der Waals surface area contributed by atoms with Crippen molar-refractivity contribution in [2.45, 2.75) is 51.0 Å². The summed E-state index contributed by atoms with van der Waals surface area (Å²) in [5, 5.41) is 5.94. The average Bonchev–Trinajstić information content (AvgIpc) is 2.73. The molecular weight excluding hydrogens is 240 g/mol. The molecule has 4 bridgehead atoms. The molecule has 2 N–H and O–H groups in total. The number of nitrogens with one attached hydrogen (secondary N) is 2. The first-order valence-corrected chi connectivity index (χ1v) is 7.71. The van der Waals surface area contributed by atoms with E-state index in [1.54, 1.807) is 0 Å². The summed E-state index contributed by atoms with van der Waals surface area (Å²) in [4.78, 5) is 23.9. The van der Waals surface area contributed by atoms with Gasteiger partial charge in [-0.3, -0.25) is 9.59 Å². The summed E-state index contributed by atoms with van der Waals surface area (Å²) in [5.41, 5.74) is -0.0829. The fourth-order valence-corrected chi connectivity index (χ4v) is 5.43. The fraction of sp³-hybridized carbons (Fsp3) is 0.867. The first-order valence-electron chi connectivity index (χ1n) is 7.71. The molecule has 5 aliphatic rings. The molecule has 5 fully saturated rings. The highest BCUT2D eigenvalue weighted by Crippen LogP contribution is 2.60. The predicted octanol–water partition coefficient (Wildman–Crippen LogP) is 1.21. The van der Waals surface area contributed by atoms with E-state index in [0.717, 1.165) is 37.0 Å². The van der Waals surface area contributed by atoms with Crippen LogP contribution in [0, 0.1) is 23.2 Å². The molecule has 1 saturated heterocycles. The summed E-state index contributed by atoms with van der Waals surface area (Å²) in [6, 6.07) is 0.0213. The number of carbonyl (C=O) groups is 2. The Kier molecular flexibility index (Phi) is 2.45. The standard InChI is InChI=1S/C15H22N2O2/c18-13-4-12(8-16-13)17-14(19)15-5-9-1-10(6-15)3-11(2-9)7-15/h9-12H,1-8H2,(H,16,18)(H,17,19)/t9?,10?,11?,12-,15?/m0/s1. The first-order chi connectivity index (χ1) is 9.13. The molecule has 2 amide bonds. The molecule has 1 aliphatic heterocycles. The molecule has 0 aromatic carbocycles. The zero-order valence-electron chi connectivity index (χ0n) is 11.3. The van der Waals surface area contributed by atoms with Crippen molar-refractivity contribution in [3.8, 4) is 0 Å². The monoisotopic (exact) mass is 262 g/mol. The van der Waals surface area contributed by atoms with Gasteiger partial charge in [-0.1, -0.05) is 0 Å². The van der Waals surface area contributed by atoms with E-state index in [4.69, 9.17) is 0 Å². The molecule has 4 nitrogen and oxygen atoms in total. The van der Waals surface area contributed by atoms with Gasteiger partial charge < -0.3 is 10.6 Å². The summed E-state index contributed by atoms with van der Waals surface area (Å²) < 4.78 is 0. The molecule has 0 radical (unpaired) electrons. The molecule has 5 rings (SSSR count). The minimum Gasteiger partial charge on any atom is -0.354 e. The van der Waals surface area contributed by atoms with Crippen molar-refractivity contribution in [3.63, 3.8) is 0 Å². The minimum absolute atomic E-state index is 0.0213. The Morgan fingerprint density at radius 2 is 1.68 bits per heavy atom. The molecule has 19 heavy (non-hydrogen) atoms. The quantitative estimate of drug-likeness (QED) is 0.786. The highest BCUT2D eigenvalue weighted by atomic mass is 16.2. The summed E-state index contributed by atoms with van der Waals surface area (Å²) in [5.74, 6) is 2.69. The molecule has 0 unspecified atom stereocenters. The highest BCUT2D eigenvalue weighted by Gasteiger charge is 2.54. The smallest absolute Gasteiger partial charge is 0.226 e. The second-order valence-corrected chi connectivity index (χ2v) is 7.38. The molecule has 0 aromatic rings. The summed E-state index contributed by atoms with van der Waals surface area (Å²) in [6.07, 6.45) is 7.82. The zero-order chi connectivity index (χ0) is 13.0. The van der Waals surface area contributed by atoms with Gasteiger partial charge in [-0.15, -0.1) is 0 Å². The van der Waals surface area contributed by atoms with Crippen LogP contribution in [0.15, 0.2) is 0 Å². The molecule has 4 aliphatic carbocycles. The third kappa shape index (κ3) is 1.87. The lowest BCUT2D eigenvalue weighted by atomic mass is 9.49. The topological polar surface area (TPSA) is 58.2 Å². The van der Waals surface area contributed by atoms with Gasteiger partial charge in [-0.2, -0.15) is 0 Å². The lowest BCUT2D eigenvalue weighted by molar-refractivity contribution is -0.146. The number of carbonyl (C=O) groups excluding carboxylic acids is 2. The normalized spacial score (nSPS) is 47.3. The highest BCUT2D eigenvalue weighted by molar-refractivity contribution is 5.85. The van der Waals surface area contributed by atoms with Gasteiger partial charge in [0.15, 0.2) is 0 Å². The second-order valence-electron chi connectivity index (χ2n) is 7.38. The van der Waals surface area contributed by atoms with Gasteiger partial charge in [0, 0.05) is 18.4 Å². The second kappa shape index (κ2) is 3.97. The van der Waals surface area contributed by atoms with E-state index in [-0.39, 0.29) is 23.3 Å². The van der Waals surface area contributed by atoms with Gasteiger partial charge in [0.1, 0.15) is 0 Å². The van der Waals surface area contributed by atoms with E-state index >= 15 is 0 Å². The van der Waals surface area contributed by atoms with Gasteiger partial charge in [-0.05, 0) is 56.3 Å². The third-order valence-corrected chi connectivity index (χ3v) is 5.83. The number of hydrogen-bond acceptors (Lipinski definition) is 2. The van der Waals surface area contributed by atoms with Crippen LogP contribution in [-0.4, -0.2) is 24.4 Å². The maximum atomic E-state index is 12.7. The molecule has 0 spiro atoms. The van der Waals surface area contributed by atoms with Crippen molar-refractivity contribution in [1.82, 2.24) is 10.6 Å². The lowest BCUT2D eigenvalue weighted by Gasteiger charge is -2.55. The van der Waals surface area contributed by atoms with E-state index in [0.29, 0.717) is 13.0 Å². The van der Waals surface area contributed by atoms with Crippen molar-refractivity contribution in [3.05, 3.63) is 0 Å². The van der Waals surface area contributed by atoms with Crippen LogP contribution in [0.5, 0.6) is 0 Å². The van der Waals surface area contributed by atoms with Crippen LogP contribution in [0.3, 0.4) is 0 Å². The Morgan fingerprint density at radius 3 is 2.16 bits per heavy atom. The molecule has 4 saturated carbocycles. The van der Waals surface area contributed by atoms with Crippen LogP contribution in [0.4, 0.5) is 0 Å². The van der Waals surface area contributed by atoms with Crippen molar-refractivity contribution in [2.24, 2.45) is 23.2 Å². The van der Waals surface area contributed by atoms with Crippen molar-refractivity contribution in [1.29, 1.82) is 0 Å². The van der Waals surface area contributed by atoms with E-state index in [9.17, 15) is 9.59 Å². The first kappa shape index (κ1) is 11.7. The van der Waals surface area contributed by atoms with Crippen LogP contribution in [0.25, 0.3) is 0 Å². The molecule has 104 valence electrons. The van der Waals surface area contributed by atoms with Gasteiger partial charge in [0.05, 0.1) is 6.04 Å². The van der Waals surface area contributed by atoms with Crippen LogP contribution >= 0.6 is 0 Å². The van der Waals surface area contributed by atoms with E-state index < -0.39 is 0 Å². The maximum Gasteiger partial charge on any atom is 0.226 e. The third-order valence-electron chi connectivity index (χ3n) is 5.83. The Bertz CT molecular complexity index is 397. The average molecular weight is 262 g/mol. The molecule has 0 aromatic heterocycles. The number of hydrogen-bond donors (Lipinski definition) is 2. The van der Waals surface area contributed by atoms with Gasteiger partial charge >= 0.3 is 0 Å². The van der Waals surface area contributed by atoms with Crippen LogP contribution in [0.2, 0.25) is 0 Å². The van der Waals surface area contributed by atoms with E-state index in [2.05, 4.69) is 10.6 Å². The fourth-order valence-electron chi connectivity index (χ4n) is 5.43. The largest absolute Gasteiger partial charge is 0.354 e. The van der Waals surface area contributed by atoms with E-state index in [1.165, 1.54) is 19.3 Å². The lowest BCUT2D eigenvalue weighted by Crippen LogP contribution is -2.55. The Balaban J connectivity index is 1.49. The molecule has 1 atom stereocenters. The number of amides is 2. The van der Waals surface area contributed by atoms with E-state index in [1.807, 2.05) is 0 Å². The Morgan fingerprint density at radius 1 is 1.11 bits per heavy atom. The maximum absolute atomic E-state index is 12.7. The van der Waals surface area contributed by atoms with Crippen molar-refractivity contribution >= 4 is 11.8 Å². The van der Waals surface area contributed by atoms with Gasteiger partial charge in [0.25, 0.3) is 0 Å². The number of rotatable bonds is 2. The SMILES string of the molecule is O=C1C[C@H](NC(=O)C23CC4CC(CC(C4)C2)C3)CN1. The zero-order valence-corrected chi connectivity index (χ0v) is 11.3. The molecule has 4 heteroatoms. The Labute approximate surface area is 113 Å². The Hall–Kier alpha value is -1.06. The molecular formula is C15H22N2O2. The van der Waals surface area contributed by atoms with Crippen LogP contribution < -0.4 is 10.6 Å². The van der Waals surface area contributed by atoms with Crippen LogP contribution in [-0.2, 0) is 9.59 Å². The van der Waals surface area contributed by atoms with Crippen molar-refractivity contribution < 1.29 is 9.59 Å². The van der Waals surface area contributed by atoms with Gasteiger partial charge in [0.2, 0.25) is 11.8 Å².